The lowest BCUT2D eigenvalue weighted by atomic mass is 10.1. The third-order valence-electron chi connectivity index (χ3n) is 2.94. The Hall–Kier alpha value is -1.59. The molecule has 0 fully saturated rings. The zero-order chi connectivity index (χ0) is 13.9. The van der Waals surface area contributed by atoms with Gasteiger partial charge in [-0.1, -0.05) is 12.1 Å². The van der Waals surface area contributed by atoms with E-state index in [1.165, 1.54) is 0 Å². The van der Waals surface area contributed by atoms with Crippen LogP contribution >= 0.6 is 27.3 Å². The summed E-state index contributed by atoms with van der Waals surface area (Å²) in [4.78, 5) is 4.49. The van der Waals surface area contributed by atoms with Crippen LogP contribution in [-0.4, -0.2) is 4.98 Å². The van der Waals surface area contributed by atoms with Crippen molar-refractivity contribution in [3.05, 3.63) is 57.2 Å². The lowest BCUT2D eigenvalue weighted by molar-refractivity contribution is 0.516. The first-order valence-corrected chi connectivity index (χ1v) is 7.88. The summed E-state index contributed by atoms with van der Waals surface area (Å²) in [5.41, 5.74) is 3.23. The summed E-state index contributed by atoms with van der Waals surface area (Å²) in [7, 11) is 0. The second-order valence-electron chi connectivity index (χ2n) is 4.37. The zero-order valence-corrected chi connectivity index (χ0v) is 13.3. The second kappa shape index (κ2) is 5.81. The highest BCUT2D eigenvalue weighted by Gasteiger charge is 2.04. The van der Waals surface area contributed by atoms with E-state index in [1.807, 2.05) is 13.0 Å². The fourth-order valence-corrected chi connectivity index (χ4v) is 2.85. The maximum absolute atomic E-state index is 5.36. The molecule has 0 aliphatic rings. The number of aryl methyl sites for hydroxylation is 1. The minimum atomic E-state index is 0.655. The highest BCUT2D eigenvalue weighted by Crippen LogP contribution is 2.24. The topological polar surface area (TPSA) is 38.1 Å². The molecule has 2 heterocycles. The third kappa shape index (κ3) is 2.94. The molecule has 1 N–H and O–H groups in total. The molecule has 0 spiro atoms. The molecule has 2 aromatic heterocycles. The van der Waals surface area contributed by atoms with Gasteiger partial charge in [-0.05, 0) is 41.1 Å². The van der Waals surface area contributed by atoms with Gasteiger partial charge in [-0.25, -0.2) is 4.98 Å². The Morgan fingerprint density at radius 3 is 2.65 bits per heavy atom. The van der Waals surface area contributed by atoms with Crippen LogP contribution in [0.4, 0.5) is 5.69 Å². The molecule has 3 aromatic rings. The molecular formula is C15H13BrN2OS. The Kier molecular flexibility index (Phi) is 3.89. The van der Waals surface area contributed by atoms with Gasteiger partial charge in [-0.15, -0.1) is 11.3 Å². The molecule has 0 atom stereocenters. The number of nitrogens with one attached hydrogen (secondary N) is 1. The highest BCUT2D eigenvalue weighted by molar-refractivity contribution is 9.10. The molecular weight excluding hydrogens is 336 g/mol. The fourth-order valence-electron chi connectivity index (χ4n) is 1.89. The lowest BCUT2D eigenvalue weighted by Gasteiger charge is -2.05. The summed E-state index contributed by atoms with van der Waals surface area (Å²) in [6, 6.07) is 10.2. The first-order chi connectivity index (χ1) is 9.72. The quantitative estimate of drug-likeness (QED) is 0.713. The Balaban J connectivity index is 1.69. The standard InChI is InChI=1S/C15H13BrN2OS/c1-10-18-14(9-20-10)11-2-4-12(5-3-11)17-8-15-13(16)6-7-19-15/h2-7,9,17H,8H2,1H3. The Morgan fingerprint density at radius 2 is 2.05 bits per heavy atom. The summed E-state index contributed by atoms with van der Waals surface area (Å²) < 4.78 is 6.35. The van der Waals surface area contributed by atoms with Crippen LogP contribution in [0.25, 0.3) is 11.3 Å². The van der Waals surface area contributed by atoms with Crippen LogP contribution < -0.4 is 5.32 Å². The van der Waals surface area contributed by atoms with E-state index in [0.717, 1.165) is 32.2 Å². The van der Waals surface area contributed by atoms with Crippen LogP contribution in [0.1, 0.15) is 10.8 Å². The fraction of sp³-hybridized carbons (Fsp3) is 0.133. The van der Waals surface area contributed by atoms with Gasteiger partial charge in [0.2, 0.25) is 0 Å². The minimum absolute atomic E-state index is 0.655. The summed E-state index contributed by atoms with van der Waals surface area (Å²) in [6.45, 7) is 2.67. The number of nitrogens with zero attached hydrogens (tertiary/aromatic N) is 1. The van der Waals surface area contributed by atoms with Crippen molar-refractivity contribution < 1.29 is 4.42 Å². The van der Waals surface area contributed by atoms with Gasteiger partial charge in [-0.2, -0.15) is 0 Å². The number of benzene rings is 1. The van der Waals surface area contributed by atoms with E-state index in [9.17, 15) is 0 Å². The maximum Gasteiger partial charge on any atom is 0.136 e. The van der Waals surface area contributed by atoms with E-state index in [4.69, 9.17) is 4.42 Å². The first-order valence-electron chi connectivity index (χ1n) is 6.21. The molecule has 3 nitrogen and oxygen atoms in total. The normalized spacial score (nSPS) is 10.7. The van der Waals surface area contributed by atoms with Gasteiger partial charge in [0.15, 0.2) is 0 Å². The predicted octanol–water partition coefficient (Wildman–Crippen LogP) is 5.09. The van der Waals surface area contributed by atoms with E-state index >= 15 is 0 Å². The summed E-state index contributed by atoms with van der Waals surface area (Å²) in [5, 5.41) is 6.50. The number of hydrogen-bond acceptors (Lipinski definition) is 4. The molecule has 0 bridgehead atoms. The Labute approximate surface area is 129 Å². The van der Waals surface area contributed by atoms with Crippen molar-refractivity contribution in [3.8, 4) is 11.3 Å². The lowest BCUT2D eigenvalue weighted by Crippen LogP contribution is -1.98. The predicted molar refractivity (Wildman–Crippen MR) is 86.0 cm³/mol. The molecule has 102 valence electrons. The molecule has 0 amide bonds. The number of anilines is 1. The van der Waals surface area contributed by atoms with Crippen LogP contribution in [0.3, 0.4) is 0 Å². The van der Waals surface area contributed by atoms with Gasteiger partial charge in [0, 0.05) is 16.6 Å². The van der Waals surface area contributed by atoms with Crippen molar-refractivity contribution in [2.24, 2.45) is 0 Å². The van der Waals surface area contributed by atoms with E-state index in [1.54, 1.807) is 17.6 Å². The average Bonchev–Trinajstić information content (AvgIpc) is 3.06. The summed E-state index contributed by atoms with van der Waals surface area (Å²) in [6.07, 6.45) is 1.68. The third-order valence-corrected chi connectivity index (χ3v) is 4.42. The van der Waals surface area contributed by atoms with Gasteiger partial charge in [0.05, 0.1) is 28.0 Å². The average molecular weight is 349 g/mol. The first kappa shape index (κ1) is 13.4. The van der Waals surface area contributed by atoms with Crippen molar-refractivity contribution in [1.29, 1.82) is 0 Å². The van der Waals surface area contributed by atoms with Crippen molar-refractivity contribution in [1.82, 2.24) is 4.98 Å². The molecule has 0 aliphatic carbocycles. The monoisotopic (exact) mass is 348 g/mol. The van der Waals surface area contributed by atoms with Gasteiger partial charge >= 0.3 is 0 Å². The second-order valence-corrected chi connectivity index (χ2v) is 6.29. The number of halogens is 1. The van der Waals surface area contributed by atoms with Gasteiger partial charge in [-0.3, -0.25) is 0 Å². The molecule has 0 unspecified atom stereocenters. The largest absolute Gasteiger partial charge is 0.466 e. The zero-order valence-electron chi connectivity index (χ0n) is 10.9. The SMILES string of the molecule is Cc1nc(-c2ccc(NCc3occc3Br)cc2)cs1. The number of aromatic nitrogens is 1. The van der Waals surface area contributed by atoms with Gasteiger partial charge in [0.25, 0.3) is 0 Å². The van der Waals surface area contributed by atoms with Crippen LogP contribution in [0, 0.1) is 6.92 Å². The Bertz CT molecular complexity index is 703. The van der Waals surface area contributed by atoms with Gasteiger partial charge in [0.1, 0.15) is 5.76 Å². The molecule has 0 aliphatic heterocycles. The van der Waals surface area contributed by atoms with E-state index in [2.05, 4.69) is 55.9 Å². The highest BCUT2D eigenvalue weighted by atomic mass is 79.9. The molecule has 1 aromatic carbocycles. The van der Waals surface area contributed by atoms with Crippen LogP contribution in [0.2, 0.25) is 0 Å². The number of rotatable bonds is 4. The van der Waals surface area contributed by atoms with E-state index in [-0.39, 0.29) is 0 Å². The number of furan rings is 1. The molecule has 0 saturated heterocycles. The minimum Gasteiger partial charge on any atom is -0.466 e. The Morgan fingerprint density at radius 1 is 1.25 bits per heavy atom. The number of thiazole rings is 1. The van der Waals surface area contributed by atoms with Crippen molar-refractivity contribution in [3.63, 3.8) is 0 Å². The van der Waals surface area contributed by atoms with Crippen molar-refractivity contribution in [2.45, 2.75) is 13.5 Å². The van der Waals surface area contributed by atoms with Gasteiger partial charge < -0.3 is 9.73 Å². The van der Waals surface area contributed by atoms with Crippen molar-refractivity contribution >= 4 is 33.0 Å². The van der Waals surface area contributed by atoms with E-state index in [0.29, 0.717) is 6.54 Å². The number of hydrogen-bond donors (Lipinski definition) is 1. The molecule has 20 heavy (non-hydrogen) atoms. The molecule has 5 heteroatoms. The van der Waals surface area contributed by atoms with Crippen molar-refractivity contribution in [2.75, 3.05) is 5.32 Å². The van der Waals surface area contributed by atoms with Crippen LogP contribution in [0.5, 0.6) is 0 Å². The smallest absolute Gasteiger partial charge is 0.136 e. The molecule has 0 radical (unpaired) electrons. The van der Waals surface area contributed by atoms with Crippen LogP contribution in [0.15, 0.2) is 50.9 Å². The van der Waals surface area contributed by atoms with Crippen LogP contribution in [-0.2, 0) is 6.54 Å². The molecule has 3 rings (SSSR count). The molecule has 0 saturated carbocycles. The summed E-state index contributed by atoms with van der Waals surface area (Å²) >= 11 is 5.11. The summed E-state index contributed by atoms with van der Waals surface area (Å²) in [5.74, 6) is 0.893. The van der Waals surface area contributed by atoms with E-state index < -0.39 is 0 Å². The maximum atomic E-state index is 5.36.